The second-order valence-corrected chi connectivity index (χ2v) is 10.4. The Balaban J connectivity index is 1.24. The first kappa shape index (κ1) is 22.6. The summed E-state index contributed by atoms with van der Waals surface area (Å²) in [4.78, 5) is 13.3. The van der Waals surface area contributed by atoms with Crippen LogP contribution in [0.15, 0.2) is 96.1 Å². The van der Waals surface area contributed by atoms with Crippen LogP contribution in [0, 0.1) is 38.5 Å². The van der Waals surface area contributed by atoms with Crippen molar-refractivity contribution in [2.24, 2.45) is 17.8 Å². The van der Waals surface area contributed by atoms with Crippen LogP contribution in [0.2, 0.25) is 0 Å². The van der Waals surface area contributed by atoms with E-state index in [-0.39, 0.29) is 11.7 Å². The van der Waals surface area contributed by atoms with Gasteiger partial charge in [-0.1, -0.05) is 90.6 Å². The molecule has 0 amide bonds. The van der Waals surface area contributed by atoms with Crippen LogP contribution < -0.4 is 0 Å². The molecule has 0 bridgehead atoms. The summed E-state index contributed by atoms with van der Waals surface area (Å²) in [5, 5.41) is 0. The minimum Gasteiger partial charge on any atom is -0.293 e. The van der Waals surface area contributed by atoms with Crippen molar-refractivity contribution in [2.75, 3.05) is 0 Å². The molecule has 3 aliphatic rings. The number of aryl methyl sites for hydroxylation is 3. The van der Waals surface area contributed by atoms with E-state index in [1.165, 1.54) is 45.4 Å². The van der Waals surface area contributed by atoms with Crippen molar-refractivity contribution in [2.45, 2.75) is 46.5 Å². The van der Waals surface area contributed by atoms with Gasteiger partial charge in [0, 0.05) is 11.5 Å². The summed E-state index contributed by atoms with van der Waals surface area (Å²) in [5.74, 6) is 1.49. The standard InChI is InChI=1S/C33H34O/c1-21-8-13-26(14-9-21)29-18-27(32-20-30(32)19-29)15-11-23(3)31-7-5-6-28(33(31)34)17-25-12-10-22(2)24(4)16-25/h5-10,12-14,16,18-19,28,30,32H,3,11,15,17,20H2,1-2,4H3. The Morgan fingerprint density at radius 2 is 1.82 bits per heavy atom. The minimum absolute atomic E-state index is 0.100. The van der Waals surface area contributed by atoms with E-state index in [2.05, 4.69) is 82.0 Å². The van der Waals surface area contributed by atoms with Crippen LogP contribution in [-0.2, 0) is 11.2 Å². The second kappa shape index (κ2) is 9.22. The van der Waals surface area contributed by atoms with Crippen molar-refractivity contribution in [1.82, 2.24) is 0 Å². The van der Waals surface area contributed by atoms with E-state index in [0.29, 0.717) is 11.8 Å². The summed E-state index contributed by atoms with van der Waals surface area (Å²) >= 11 is 0. The lowest BCUT2D eigenvalue weighted by molar-refractivity contribution is -0.117. The number of benzene rings is 2. The molecule has 0 heterocycles. The lowest BCUT2D eigenvalue weighted by atomic mass is 9.83. The van der Waals surface area contributed by atoms with Gasteiger partial charge in [0.2, 0.25) is 0 Å². The highest BCUT2D eigenvalue weighted by molar-refractivity contribution is 6.03. The van der Waals surface area contributed by atoms with E-state index in [9.17, 15) is 4.79 Å². The second-order valence-electron chi connectivity index (χ2n) is 10.4. The molecule has 3 atom stereocenters. The molecule has 0 N–H and O–H groups in total. The summed E-state index contributed by atoms with van der Waals surface area (Å²) in [6, 6.07) is 15.3. The third kappa shape index (κ3) is 4.71. The summed E-state index contributed by atoms with van der Waals surface area (Å²) < 4.78 is 0. The van der Waals surface area contributed by atoms with E-state index >= 15 is 0 Å². The number of allylic oxidation sites excluding steroid dienone is 9. The Labute approximate surface area is 204 Å². The van der Waals surface area contributed by atoms with Crippen LogP contribution in [-0.4, -0.2) is 5.78 Å². The fraction of sp³-hybridized carbons (Fsp3) is 0.303. The SMILES string of the molecule is C=C(CCC1=CC(c2ccc(C)cc2)=CC2CC12)C1=CC=CC(Cc2ccc(C)c(C)c2)C1=O. The number of rotatable bonds is 7. The van der Waals surface area contributed by atoms with Crippen LogP contribution >= 0.6 is 0 Å². The molecule has 0 radical (unpaired) electrons. The molecule has 1 fully saturated rings. The Morgan fingerprint density at radius 1 is 1.03 bits per heavy atom. The van der Waals surface area contributed by atoms with Crippen LogP contribution in [0.4, 0.5) is 0 Å². The Bertz CT molecular complexity index is 1260. The third-order valence-corrected chi connectivity index (χ3v) is 7.77. The summed E-state index contributed by atoms with van der Waals surface area (Å²) in [7, 11) is 0. The number of carbonyl (C=O) groups is 1. The molecule has 1 nitrogen and oxygen atoms in total. The maximum absolute atomic E-state index is 13.3. The van der Waals surface area contributed by atoms with Crippen LogP contribution in [0.5, 0.6) is 0 Å². The van der Waals surface area contributed by atoms with Gasteiger partial charge in [-0.15, -0.1) is 0 Å². The maximum Gasteiger partial charge on any atom is 0.170 e. The molecule has 0 saturated heterocycles. The molecule has 0 spiro atoms. The van der Waals surface area contributed by atoms with Gasteiger partial charge in [0.25, 0.3) is 0 Å². The molecule has 5 rings (SSSR count). The zero-order valence-electron chi connectivity index (χ0n) is 20.6. The lowest BCUT2D eigenvalue weighted by Gasteiger charge is -2.20. The molecular formula is C33H34O. The Kier molecular flexibility index (Phi) is 6.13. The van der Waals surface area contributed by atoms with E-state index in [1.807, 2.05) is 18.2 Å². The number of carbonyl (C=O) groups excluding carboxylic acids is 1. The predicted molar refractivity (Wildman–Crippen MR) is 143 cm³/mol. The molecule has 34 heavy (non-hydrogen) atoms. The molecule has 0 aromatic heterocycles. The van der Waals surface area contributed by atoms with Crippen molar-refractivity contribution >= 4 is 11.4 Å². The number of hydrogen-bond acceptors (Lipinski definition) is 1. The van der Waals surface area contributed by atoms with Crippen LogP contribution in [0.25, 0.3) is 5.57 Å². The first-order chi connectivity index (χ1) is 16.4. The Hall–Kier alpha value is -3.19. The quantitative estimate of drug-likeness (QED) is 0.423. The fourth-order valence-electron chi connectivity index (χ4n) is 5.32. The van der Waals surface area contributed by atoms with Gasteiger partial charge in [-0.3, -0.25) is 4.79 Å². The monoisotopic (exact) mass is 446 g/mol. The van der Waals surface area contributed by atoms with E-state index < -0.39 is 0 Å². The normalized spacial score (nSPS) is 23.1. The third-order valence-electron chi connectivity index (χ3n) is 7.77. The van der Waals surface area contributed by atoms with Gasteiger partial charge < -0.3 is 0 Å². The average molecular weight is 447 g/mol. The highest BCUT2D eigenvalue weighted by Gasteiger charge is 2.40. The van der Waals surface area contributed by atoms with Crippen LogP contribution in [0.1, 0.15) is 47.1 Å². The highest BCUT2D eigenvalue weighted by atomic mass is 16.1. The first-order valence-corrected chi connectivity index (χ1v) is 12.6. The fourth-order valence-corrected chi connectivity index (χ4v) is 5.32. The zero-order valence-corrected chi connectivity index (χ0v) is 20.6. The molecule has 3 unspecified atom stereocenters. The summed E-state index contributed by atoms with van der Waals surface area (Å²) in [6.45, 7) is 10.7. The highest BCUT2D eigenvalue weighted by Crippen LogP contribution is 2.51. The van der Waals surface area contributed by atoms with Crippen molar-refractivity contribution in [3.63, 3.8) is 0 Å². The number of Topliss-reactive ketones (excluding diaryl/α,β-unsaturated/α-hetero) is 1. The largest absolute Gasteiger partial charge is 0.293 e. The van der Waals surface area contributed by atoms with E-state index in [1.54, 1.807) is 0 Å². The maximum atomic E-state index is 13.3. The van der Waals surface area contributed by atoms with Crippen molar-refractivity contribution < 1.29 is 4.79 Å². The summed E-state index contributed by atoms with van der Waals surface area (Å²) in [5.41, 5.74) is 11.1. The van der Waals surface area contributed by atoms with Gasteiger partial charge in [0.15, 0.2) is 5.78 Å². The molecule has 3 aliphatic carbocycles. The zero-order chi connectivity index (χ0) is 23.8. The van der Waals surface area contributed by atoms with Crippen LogP contribution in [0.3, 0.4) is 0 Å². The molecule has 2 aromatic rings. The smallest absolute Gasteiger partial charge is 0.170 e. The lowest BCUT2D eigenvalue weighted by Crippen LogP contribution is -2.20. The van der Waals surface area contributed by atoms with Gasteiger partial charge in [0.1, 0.15) is 0 Å². The topological polar surface area (TPSA) is 17.1 Å². The first-order valence-electron chi connectivity index (χ1n) is 12.6. The Morgan fingerprint density at radius 3 is 2.59 bits per heavy atom. The molecule has 0 aliphatic heterocycles. The van der Waals surface area contributed by atoms with Gasteiger partial charge in [-0.25, -0.2) is 0 Å². The molecular weight excluding hydrogens is 412 g/mol. The number of ketones is 1. The van der Waals surface area contributed by atoms with Gasteiger partial charge in [-0.05, 0) is 91.7 Å². The van der Waals surface area contributed by atoms with E-state index in [0.717, 1.165) is 30.4 Å². The van der Waals surface area contributed by atoms with E-state index in [4.69, 9.17) is 0 Å². The van der Waals surface area contributed by atoms with Gasteiger partial charge in [0.05, 0.1) is 0 Å². The number of hydrogen-bond donors (Lipinski definition) is 0. The van der Waals surface area contributed by atoms with Gasteiger partial charge in [-0.2, -0.15) is 0 Å². The number of fused-ring (bicyclic) bond motifs is 1. The van der Waals surface area contributed by atoms with Crippen molar-refractivity contribution in [3.8, 4) is 0 Å². The molecule has 172 valence electrons. The average Bonchev–Trinajstić information content (AvgIpc) is 3.61. The molecule has 1 saturated carbocycles. The van der Waals surface area contributed by atoms with Gasteiger partial charge >= 0.3 is 0 Å². The predicted octanol–water partition coefficient (Wildman–Crippen LogP) is 7.83. The minimum atomic E-state index is -0.100. The van der Waals surface area contributed by atoms with Crippen molar-refractivity contribution in [1.29, 1.82) is 0 Å². The molecule has 1 heteroatoms. The summed E-state index contributed by atoms with van der Waals surface area (Å²) in [6.07, 6.45) is 14.7. The van der Waals surface area contributed by atoms with Crippen molar-refractivity contribution in [3.05, 3.63) is 124 Å². The molecule has 2 aromatic carbocycles.